The van der Waals surface area contributed by atoms with Crippen molar-refractivity contribution in [1.82, 2.24) is 9.62 Å². The summed E-state index contributed by atoms with van der Waals surface area (Å²) >= 11 is 0. The fourth-order valence-electron chi connectivity index (χ4n) is 1.74. The molecule has 0 aliphatic carbocycles. The van der Waals surface area contributed by atoms with Crippen molar-refractivity contribution < 1.29 is 13.2 Å². The number of amides is 1. The average Bonchev–Trinajstić information content (AvgIpc) is 2.36. The fraction of sp³-hybridized carbons (Fsp3) is 0.500. The zero-order valence-corrected chi connectivity index (χ0v) is 13.7. The van der Waals surface area contributed by atoms with Gasteiger partial charge in [0.15, 0.2) is 0 Å². The minimum absolute atomic E-state index is 0.133. The van der Waals surface area contributed by atoms with Gasteiger partial charge in [-0.1, -0.05) is 17.7 Å². The molecule has 0 saturated heterocycles. The third-order valence-corrected chi connectivity index (χ3v) is 4.45. The topological polar surface area (TPSA) is 92.5 Å². The molecule has 1 aromatic carbocycles. The van der Waals surface area contributed by atoms with Crippen LogP contribution in [0.2, 0.25) is 0 Å². The van der Waals surface area contributed by atoms with Crippen LogP contribution < -0.4 is 10.5 Å². The highest BCUT2D eigenvalue weighted by Gasteiger charge is 2.25. The first-order chi connectivity index (χ1) is 9.54. The van der Waals surface area contributed by atoms with Gasteiger partial charge in [0.05, 0.1) is 10.4 Å². The second-order valence-electron chi connectivity index (χ2n) is 5.66. The second kappa shape index (κ2) is 6.55. The number of nitrogens with zero attached hydrogens (tertiary/aromatic N) is 1. The monoisotopic (exact) mass is 313 g/mol. The third-order valence-electron chi connectivity index (χ3n) is 2.97. The number of rotatable bonds is 6. The molecule has 6 nitrogen and oxygen atoms in total. The van der Waals surface area contributed by atoms with Gasteiger partial charge >= 0.3 is 0 Å². The Morgan fingerprint density at radius 3 is 2.29 bits per heavy atom. The summed E-state index contributed by atoms with van der Waals surface area (Å²) in [6.07, 6.45) is 0. The highest BCUT2D eigenvalue weighted by molar-refractivity contribution is 7.89. The second-order valence-corrected chi connectivity index (χ2v) is 7.43. The van der Waals surface area contributed by atoms with Crippen molar-refractivity contribution in [3.63, 3.8) is 0 Å². The first kappa shape index (κ1) is 17.6. The van der Waals surface area contributed by atoms with Crippen molar-refractivity contribution in [3.05, 3.63) is 29.8 Å². The van der Waals surface area contributed by atoms with E-state index in [4.69, 9.17) is 5.73 Å². The average molecular weight is 313 g/mol. The van der Waals surface area contributed by atoms with Gasteiger partial charge in [-0.2, -0.15) is 0 Å². The summed E-state index contributed by atoms with van der Waals surface area (Å²) in [5.41, 5.74) is 5.74. The standard InChI is InChI=1S/C14H23N3O3S/c1-11-5-7-12(8-6-11)21(19,20)16-9-10-17(4)13(18)14(2,3)15/h5-8,16H,9-10,15H2,1-4H3. The molecule has 1 aromatic rings. The Balaban J connectivity index is 2.59. The maximum absolute atomic E-state index is 12.1. The molecular weight excluding hydrogens is 290 g/mol. The van der Waals surface area contributed by atoms with Crippen LogP contribution in [0.3, 0.4) is 0 Å². The highest BCUT2D eigenvalue weighted by atomic mass is 32.2. The molecule has 7 heteroatoms. The summed E-state index contributed by atoms with van der Waals surface area (Å²) in [5, 5.41) is 0. The Hall–Kier alpha value is -1.44. The molecule has 21 heavy (non-hydrogen) atoms. The van der Waals surface area contributed by atoms with E-state index in [-0.39, 0.29) is 23.9 Å². The fourth-order valence-corrected chi connectivity index (χ4v) is 2.76. The summed E-state index contributed by atoms with van der Waals surface area (Å²) in [4.78, 5) is 13.5. The molecule has 3 N–H and O–H groups in total. The zero-order valence-electron chi connectivity index (χ0n) is 12.9. The van der Waals surface area contributed by atoms with Gasteiger partial charge < -0.3 is 10.6 Å². The first-order valence-corrected chi connectivity index (χ1v) is 8.13. The van der Waals surface area contributed by atoms with Gasteiger partial charge in [-0.3, -0.25) is 4.79 Å². The number of sulfonamides is 1. The minimum Gasteiger partial charge on any atom is -0.343 e. The molecular formula is C14H23N3O3S. The minimum atomic E-state index is -3.55. The number of hydrogen-bond acceptors (Lipinski definition) is 4. The Morgan fingerprint density at radius 2 is 1.81 bits per heavy atom. The van der Waals surface area contributed by atoms with Crippen LogP contribution in [0.1, 0.15) is 19.4 Å². The van der Waals surface area contributed by atoms with Crippen molar-refractivity contribution >= 4 is 15.9 Å². The number of nitrogens with one attached hydrogen (secondary N) is 1. The van der Waals surface area contributed by atoms with Gasteiger partial charge in [0.25, 0.3) is 0 Å². The van der Waals surface area contributed by atoms with Crippen molar-refractivity contribution in [3.8, 4) is 0 Å². The molecule has 0 aliphatic heterocycles. The van der Waals surface area contributed by atoms with E-state index in [9.17, 15) is 13.2 Å². The molecule has 0 heterocycles. The van der Waals surface area contributed by atoms with E-state index in [2.05, 4.69) is 4.72 Å². The van der Waals surface area contributed by atoms with Crippen LogP contribution in [0.5, 0.6) is 0 Å². The highest BCUT2D eigenvalue weighted by Crippen LogP contribution is 2.09. The van der Waals surface area contributed by atoms with Gasteiger partial charge in [-0.15, -0.1) is 0 Å². The van der Waals surface area contributed by atoms with Crippen LogP contribution in [0.15, 0.2) is 29.2 Å². The lowest BCUT2D eigenvalue weighted by molar-refractivity contribution is -0.134. The van der Waals surface area contributed by atoms with E-state index in [1.165, 1.54) is 4.90 Å². The number of hydrogen-bond donors (Lipinski definition) is 2. The third kappa shape index (κ3) is 5.11. The zero-order chi connectivity index (χ0) is 16.3. The van der Waals surface area contributed by atoms with Gasteiger partial charge in [-0.05, 0) is 32.9 Å². The number of nitrogens with two attached hydrogens (primary N) is 1. The van der Waals surface area contributed by atoms with Crippen LogP contribution in [0.25, 0.3) is 0 Å². The van der Waals surface area contributed by atoms with Gasteiger partial charge in [0, 0.05) is 20.1 Å². The lowest BCUT2D eigenvalue weighted by atomic mass is 10.1. The SMILES string of the molecule is Cc1ccc(S(=O)(=O)NCCN(C)C(=O)C(C)(C)N)cc1. The van der Waals surface area contributed by atoms with Crippen LogP contribution in [-0.4, -0.2) is 44.9 Å². The molecule has 0 spiro atoms. The van der Waals surface area contributed by atoms with E-state index in [0.29, 0.717) is 0 Å². The van der Waals surface area contributed by atoms with E-state index in [1.54, 1.807) is 45.2 Å². The van der Waals surface area contributed by atoms with Crippen LogP contribution >= 0.6 is 0 Å². The van der Waals surface area contributed by atoms with E-state index in [0.717, 1.165) is 5.56 Å². The summed E-state index contributed by atoms with van der Waals surface area (Å²) in [6.45, 7) is 5.50. The maximum atomic E-state index is 12.1. The number of likely N-dealkylation sites (N-methyl/N-ethyl adjacent to an activating group) is 1. The predicted octanol–water partition coefficient (Wildman–Crippen LogP) is 0.469. The van der Waals surface area contributed by atoms with Crippen LogP contribution in [-0.2, 0) is 14.8 Å². The number of carbonyl (C=O) groups is 1. The lowest BCUT2D eigenvalue weighted by Gasteiger charge is -2.25. The quantitative estimate of drug-likeness (QED) is 0.798. The van der Waals surface area contributed by atoms with E-state index >= 15 is 0 Å². The van der Waals surface area contributed by atoms with Crippen molar-refractivity contribution in [2.24, 2.45) is 5.73 Å². The molecule has 1 amide bonds. The predicted molar refractivity (Wildman–Crippen MR) is 82.3 cm³/mol. The Bertz CT molecular complexity index is 589. The van der Waals surface area contributed by atoms with Crippen LogP contribution in [0.4, 0.5) is 0 Å². The summed E-state index contributed by atoms with van der Waals surface area (Å²) in [7, 11) is -1.96. The molecule has 0 bridgehead atoms. The molecule has 0 aliphatic rings. The van der Waals surface area contributed by atoms with Crippen LogP contribution in [0, 0.1) is 6.92 Å². The summed E-state index contributed by atoms with van der Waals surface area (Å²) in [5.74, 6) is -0.239. The van der Waals surface area contributed by atoms with Crippen molar-refractivity contribution in [1.29, 1.82) is 0 Å². The van der Waals surface area contributed by atoms with Gasteiger partial charge in [0.2, 0.25) is 15.9 Å². The lowest BCUT2D eigenvalue weighted by Crippen LogP contribution is -2.51. The van der Waals surface area contributed by atoms with Crippen molar-refractivity contribution in [2.45, 2.75) is 31.2 Å². The number of benzene rings is 1. The smallest absolute Gasteiger partial charge is 0.241 e. The maximum Gasteiger partial charge on any atom is 0.241 e. The molecule has 0 radical (unpaired) electrons. The summed E-state index contributed by atoms with van der Waals surface area (Å²) < 4.78 is 26.6. The van der Waals surface area contributed by atoms with Gasteiger partial charge in [0.1, 0.15) is 0 Å². The molecule has 0 fully saturated rings. The van der Waals surface area contributed by atoms with E-state index in [1.807, 2.05) is 6.92 Å². The normalized spacial score (nSPS) is 12.2. The Kier molecular flexibility index (Phi) is 5.49. The molecule has 0 unspecified atom stereocenters. The largest absolute Gasteiger partial charge is 0.343 e. The molecule has 0 saturated carbocycles. The van der Waals surface area contributed by atoms with Gasteiger partial charge in [-0.25, -0.2) is 13.1 Å². The molecule has 0 atom stereocenters. The van der Waals surface area contributed by atoms with Crippen molar-refractivity contribution in [2.75, 3.05) is 20.1 Å². The summed E-state index contributed by atoms with van der Waals surface area (Å²) in [6, 6.07) is 6.58. The number of carbonyl (C=O) groups excluding carboxylic acids is 1. The Morgan fingerprint density at radius 1 is 1.29 bits per heavy atom. The number of aryl methyl sites for hydroxylation is 1. The van der Waals surface area contributed by atoms with E-state index < -0.39 is 15.6 Å². The molecule has 118 valence electrons. The molecule has 0 aromatic heterocycles. The molecule has 1 rings (SSSR count). The first-order valence-electron chi connectivity index (χ1n) is 6.65. The Labute approximate surface area is 126 Å².